The van der Waals surface area contributed by atoms with Crippen LogP contribution in [0.5, 0.6) is 0 Å². The maximum Gasteiger partial charge on any atom is 0.0631 e. The Balaban J connectivity index is 2.39. The molecule has 1 aliphatic rings. The third kappa shape index (κ3) is 2.73. The molecule has 0 saturated carbocycles. The highest BCUT2D eigenvalue weighted by Gasteiger charge is 2.29. The zero-order chi connectivity index (χ0) is 8.48. The number of alkyl halides is 1. The van der Waals surface area contributed by atoms with Gasteiger partial charge in [0.2, 0.25) is 0 Å². The lowest BCUT2D eigenvalue weighted by Gasteiger charge is -2.34. The van der Waals surface area contributed by atoms with Crippen molar-refractivity contribution in [2.45, 2.75) is 37.2 Å². The first-order valence-electron chi connectivity index (χ1n) is 4.10. The van der Waals surface area contributed by atoms with Crippen LogP contribution in [0, 0.1) is 5.92 Å². The number of hydrogen-bond acceptors (Lipinski definition) is 2. The molecule has 0 aromatic rings. The second kappa shape index (κ2) is 3.42. The fraction of sp³-hybridized carbons (Fsp3) is 1.00. The van der Waals surface area contributed by atoms with Crippen LogP contribution in [0.4, 0.5) is 0 Å². The van der Waals surface area contributed by atoms with Crippen molar-refractivity contribution < 1.29 is 5.11 Å². The number of rotatable bonds is 1. The van der Waals surface area contributed by atoms with Crippen LogP contribution in [0.2, 0.25) is 0 Å². The van der Waals surface area contributed by atoms with E-state index in [4.69, 9.17) is 0 Å². The van der Waals surface area contributed by atoms with Crippen LogP contribution in [0.3, 0.4) is 0 Å². The summed E-state index contributed by atoms with van der Waals surface area (Å²) in [7, 11) is 0. The van der Waals surface area contributed by atoms with Crippen molar-refractivity contribution >= 4 is 15.9 Å². The molecule has 0 bridgehead atoms. The molecule has 1 aliphatic heterocycles. The van der Waals surface area contributed by atoms with E-state index >= 15 is 0 Å². The Morgan fingerprint density at radius 1 is 1.45 bits per heavy atom. The monoisotopic (exact) mass is 221 g/mol. The molecule has 0 radical (unpaired) electrons. The molecule has 1 rings (SSSR count). The lowest BCUT2D eigenvalue weighted by atomic mass is 9.85. The molecule has 0 aromatic carbocycles. The molecule has 66 valence electrons. The van der Waals surface area contributed by atoms with Crippen molar-refractivity contribution in [3.05, 3.63) is 0 Å². The molecular formula is C8H16BrNO. The highest BCUT2D eigenvalue weighted by atomic mass is 79.9. The molecule has 2 N–H and O–H groups in total. The topological polar surface area (TPSA) is 32.3 Å². The van der Waals surface area contributed by atoms with Gasteiger partial charge in [-0.3, -0.25) is 0 Å². The van der Waals surface area contributed by atoms with Crippen LogP contribution in [-0.2, 0) is 0 Å². The third-order valence-electron chi connectivity index (χ3n) is 2.35. The van der Waals surface area contributed by atoms with E-state index in [1.807, 2.05) is 13.8 Å². The minimum atomic E-state index is -0.528. The molecule has 2 unspecified atom stereocenters. The first-order valence-corrected chi connectivity index (χ1v) is 5.01. The summed E-state index contributed by atoms with van der Waals surface area (Å²) in [5.41, 5.74) is -0.528. The zero-order valence-electron chi connectivity index (χ0n) is 7.10. The summed E-state index contributed by atoms with van der Waals surface area (Å²) >= 11 is 3.49. The predicted octanol–water partition coefficient (Wildman–Crippen LogP) is 1.48. The molecule has 11 heavy (non-hydrogen) atoms. The smallest absolute Gasteiger partial charge is 0.0631 e. The van der Waals surface area contributed by atoms with Crippen molar-refractivity contribution in [1.82, 2.24) is 5.32 Å². The Morgan fingerprint density at radius 3 is 2.45 bits per heavy atom. The molecule has 0 aliphatic carbocycles. The minimum Gasteiger partial charge on any atom is -0.390 e. The van der Waals surface area contributed by atoms with E-state index in [2.05, 4.69) is 21.2 Å². The van der Waals surface area contributed by atoms with Gasteiger partial charge in [0.05, 0.1) is 10.6 Å². The van der Waals surface area contributed by atoms with E-state index < -0.39 is 5.60 Å². The van der Waals surface area contributed by atoms with E-state index in [1.54, 1.807) is 0 Å². The average Bonchev–Trinajstić information content (AvgIpc) is 1.86. The fourth-order valence-corrected chi connectivity index (χ4v) is 1.88. The van der Waals surface area contributed by atoms with Gasteiger partial charge >= 0.3 is 0 Å². The van der Waals surface area contributed by atoms with Crippen molar-refractivity contribution in [2.24, 2.45) is 5.92 Å². The van der Waals surface area contributed by atoms with Gasteiger partial charge in [-0.1, -0.05) is 15.9 Å². The van der Waals surface area contributed by atoms with E-state index in [1.165, 1.54) is 0 Å². The summed E-state index contributed by atoms with van der Waals surface area (Å²) in [6, 6.07) is 0. The zero-order valence-corrected chi connectivity index (χ0v) is 8.69. The number of aliphatic hydroxyl groups is 1. The normalized spacial score (nSPS) is 33.8. The van der Waals surface area contributed by atoms with Crippen LogP contribution in [0.1, 0.15) is 26.7 Å². The van der Waals surface area contributed by atoms with Gasteiger partial charge in [-0.05, 0) is 32.6 Å². The van der Waals surface area contributed by atoms with Crippen LogP contribution in [0.15, 0.2) is 0 Å². The van der Waals surface area contributed by atoms with Crippen molar-refractivity contribution in [2.75, 3.05) is 6.54 Å². The number of nitrogens with one attached hydrogen (secondary N) is 1. The van der Waals surface area contributed by atoms with Gasteiger partial charge in [0.25, 0.3) is 0 Å². The number of piperidine rings is 1. The van der Waals surface area contributed by atoms with Gasteiger partial charge in [-0.2, -0.15) is 0 Å². The fourth-order valence-electron chi connectivity index (χ4n) is 1.42. The highest BCUT2D eigenvalue weighted by Crippen LogP contribution is 2.26. The Kier molecular flexibility index (Phi) is 2.95. The van der Waals surface area contributed by atoms with E-state index in [0.717, 1.165) is 19.4 Å². The molecule has 3 heteroatoms. The standard InChI is InChI=1S/C8H16BrNO/c1-8(2,11)6-3-4-7(9)10-5-6/h6-7,10-11H,3-5H2,1-2H3. The summed E-state index contributed by atoms with van der Waals surface area (Å²) < 4.78 is 0. The molecule has 2 nitrogen and oxygen atoms in total. The summed E-state index contributed by atoms with van der Waals surface area (Å²) in [6.07, 6.45) is 2.21. The molecule has 0 amide bonds. The SMILES string of the molecule is CC(C)(O)C1CCC(Br)NC1. The Labute approximate surface area is 76.5 Å². The van der Waals surface area contributed by atoms with Crippen molar-refractivity contribution in [3.63, 3.8) is 0 Å². The van der Waals surface area contributed by atoms with Crippen molar-refractivity contribution in [3.8, 4) is 0 Å². The summed E-state index contributed by atoms with van der Waals surface area (Å²) in [4.78, 5) is 0.445. The quantitative estimate of drug-likeness (QED) is 0.520. The Bertz CT molecular complexity index is 125. The van der Waals surface area contributed by atoms with Gasteiger partial charge in [0.1, 0.15) is 0 Å². The average molecular weight is 222 g/mol. The Morgan fingerprint density at radius 2 is 2.09 bits per heavy atom. The van der Waals surface area contributed by atoms with E-state index in [0.29, 0.717) is 10.9 Å². The second-order valence-corrected chi connectivity index (χ2v) is 4.91. The summed E-state index contributed by atoms with van der Waals surface area (Å²) in [5.74, 6) is 0.399. The summed E-state index contributed by atoms with van der Waals surface area (Å²) in [5, 5.41) is 13.0. The first kappa shape index (κ1) is 9.49. The van der Waals surface area contributed by atoms with Gasteiger partial charge in [0.15, 0.2) is 0 Å². The molecule has 0 aromatic heterocycles. The minimum absolute atomic E-state index is 0.399. The largest absolute Gasteiger partial charge is 0.390 e. The predicted molar refractivity (Wildman–Crippen MR) is 49.7 cm³/mol. The molecule has 2 atom stereocenters. The second-order valence-electron chi connectivity index (χ2n) is 3.80. The third-order valence-corrected chi connectivity index (χ3v) is 3.13. The van der Waals surface area contributed by atoms with Gasteiger partial charge < -0.3 is 10.4 Å². The molecule has 1 fully saturated rings. The van der Waals surface area contributed by atoms with Crippen LogP contribution < -0.4 is 5.32 Å². The lowest BCUT2D eigenvalue weighted by molar-refractivity contribution is 0.00585. The van der Waals surface area contributed by atoms with Crippen molar-refractivity contribution in [1.29, 1.82) is 0 Å². The van der Waals surface area contributed by atoms with E-state index in [-0.39, 0.29) is 0 Å². The van der Waals surface area contributed by atoms with Crippen LogP contribution in [-0.4, -0.2) is 22.2 Å². The van der Waals surface area contributed by atoms with Gasteiger partial charge in [-0.15, -0.1) is 0 Å². The van der Waals surface area contributed by atoms with Crippen LogP contribution in [0.25, 0.3) is 0 Å². The first-order chi connectivity index (χ1) is 5.00. The molecular weight excluding hydrogens is 206 g/mol. The Hall–Kier alpha value is 0.400. The van der Waals surface area contributed by atoms with E-state index in [9.17, 15) is 5.11 Å². The number of hydrogen-bond donors (Lipinski definition) is 2. The molecule has 1 saturated heterocycles. The maximum atomic E-state index is 9.67. The highest BCUT2D eigenvalue weighted by molar-refractivity contribution is 9.09. The van der Waals surface area contributed by atoms with Gasteiger partial charge in [-0.25, -0.2) is 0 Å². The number of halogens is 1. The van der Waals surface area contributed by atoms with Gasteiger partial charge in [0, 0.05) is 6.54 Å². The molecule has 0 spiro atoms. The molecule has 1 heterocycles. The maximum absolute atomic E-state index is 9.67. The van der Waals surface area contributed by atoms with Crippen LogP contribution >= 0.6 is 15.9 Å². The summed E-state index contributed by atoms with van der Waals surface area (Å²) in [6.45, 7) is 4.68. The lowest BCUT2D eigenvalue weighted by Crippen LogP contribution is -2.44.